The van der Waals surface area contributed by atoms with Crippen molar-refractivity contribution in [3.63, 3.8) is 0 Å². The molecule has 0 bridgehead atoms. The molecule has 1 aliphatic heterocycles. The number of anilines is 1. The highest BCUT2D eigenvalue weighted by atomic mass is 32.5. The number of nitrogens with two attached hydrogens (primary N) is 1. The minimum atomic E-state index is -3.58. The number of aliphatic hydroxyl groups excluding tert-OH is 1. The van der Waals surface area contributed by atoms with Gasteiger partial charge >= 0.3 is 18.3 Å². The van der Waals surface area contributed by atoms with Crippen LogP contribution in [0.15, 0.2) is 47.4 Å². The first kappa shape index (κ1) is 29.1. The van der Waals surface area contributed by atoms with Crippen LogP contribution in [0, 0.1) is 0 Å². The largest absolute Gasteiger partial charge is 0.462 e. The van der Waals surface area contributed by atoms with Crippen molar-refractivity contribution in [2.24, 2.45) is 0 Å². The zero-order valence-corrected chi connectivity index (χ0v) is 22.4. The van der Waals surface area contributed by atoms with E-state index in [9.17, 15) is 14.7 Å². The van der Waals surface area contributed by atoms with Crippen LogP contribution >= 0.6 is 6.64 Å². The van der Waals surface area contributed by atoms with E-state index in [2.05, 4.69) is 10.1 Å². The van der Waals surface area contributed by atoms with E-state index in [0.29, 0.717) is 5.75 Å². The molecule has 0 amide bonds. The summed E-state index contributed by atoms with van der Waals surface area (Å²) in [5.74, 6) is -2.51. The molecule has 0 radical (unpaired) electrons. The quantitative estimate of drug-likeness (QED) is 0.270. The Morgan fingerprint density at radius 1 is 1.35 bits per heavy atom. The molecule has 0 spiro atoms. The fraction of sp³-hybridized carbons (Fsp3) is 0.500. The van der Waals surface area contributed by atoms with E-state index in [0.717, 1.165) is 11.7 Å². The average molecular weight is 561 g/mol. The number of nitrogens with zero attached hydrogens (tertiary/aromatic N) is 2. The number of aliphatic hydroxyl groups is 1. The molecular weight excluding hydrogens is 530 g/mol. The molecule has 4 N–H and O–H groups in total. The van der Waals surface area contributed by atoms with Gasteiger partial charge in [-0.05, 0) is 50.8 Å². The van der Waals surface area contributed by atoms with Gasteiger partial charge in [-0.1, -0.05) is 18.2 Å². The minimum Gasteiger partial charge on any atom is -0.462 e. The Balaban J connectivity index is 1.85. The van der Waals surface area contributed by atoms with Crippen LogP contribution < -0.4 is 21.0 Å². The summed E-state index contributed by atoms with van der Waals surface area (Å²) in [6.07, 6.45) is -4.65. The van der Waals surface area contributed by atoms with Gasteiger partial charge < -0.3 is 34.1 Å². The molecule has 12 nitrogen and oxygen atoms in total. The number of para-hydroxylation sites is 1. The zero-order chi connectivity index (χ0) is 27.4. The number of carbonyl (C=O) groups excluding carboxylic acids is 1. The van der Waals surface area contributed by atoms with Gasteiger partial charge in [-0.15, -0.1) is 0 Å². The third-order valence-electron chi connectivity index (χ3n) is 5.27. The van der Waals surface area contributed by atoms with Crippen LogP contribution in [0.2, 0.25) is 0 Å². The second kappa shape index (κ2) is 11.9. The number of nitrogen functional groups attached to an aromatic ring is 1. The van der Waals surface area contributed by atoms with E-state index in [1.54, 1.807) is 44.2 Å². The summed E-state index contributed by atoms with van der Waals surface area (Å²) in [5.41, 5.74) is 4.65. The molecule has 37 heavy (non-hydrogen) atoms. The summed E-state index contributed by atoms with van der Waals surface area (Å²) in [5, 5.41) is 13.4. The highest BCUT2D eigenvalue weighted by Gasteiger charge is 2.58. The number of benzene rings is 1. The molecular formula is C22H30FN4O8PS. The molecule has 1 aliphatic rings. The Bertz CT molecular complexity index is 1190. The summed E-state index contributed by atoms with van der Waals surface area (Å²) in [4.78, 5) is 28.2. The maximum absolute atomic E-state index is 15.4. The second-order valence-electron chi connectivity index (χ2n) is 8.47. The smallest absolute Gasteiger partial charge is 0.351 e. The monoisotopic (exact) mass is 560 g/mol. The molecule has 6 unspecified atom stereocenters. The van der Waals surface area contributed by atoms with E-state index >= 15 is 4.39 Å². The normalized spacial score (nSPS) is 26.0. The number of esters is 1. The highest BCUT2D eigenvalue weighted by molar-refractivity contribution is 8.09. The van der Waals surface area contributed by atoms with Crippen molar-refractivity contribution in [2.75, 3.05) is 19.5 Å². The zero-order valence-electron chi connectivity index (χ0n) is 20.6. The summed E-state index contributed by atoms with van der Waals surface area (Å²) in [6, 6.07) is 8.78. The fourth-order valence-corrected chi connectivity index (χ4v) is 5.83. The van der Waals surface area contributed by atoms with Gasteiger partial charge in [0, 0.05) is 13.3 Å². The number of halogens is 1. The molecule has 1 aromatic carbocycles. The van der Waals surface area contributed by atoms with Gasteiger partial charge in [0.1, 0.15) is 30.3 Å². The highest BCUT2D eigenvalue weighted by Crippen LogP contribution is 2.48. The number of hydrogen-bond donors (Lipinski definition) is 3. The van der Waals surface area contributed by atoms with E-state index in [-0.39, 0.29) is 11.9 Å². The molecule has 204 valence electrons. The average Bonchev–Trinajstić information content (AvgIpc) is 3.08. The van der Waals surface area contributed by atoms with Gasteiger partial charge in [0.05, 0.1) is 6.10 Å². The summed E-state index contributed by atoms with van der Waals surface area (Å²) < 4.78 is 44.2. The maximum atomic E-state index is 15.4. The van der Waals surface area contributed by atoms with E-state index < -0.39 is 55.2 Å². The molecule has 1 fully saturated rings. The fourth-order valence-electron chi connectivity index (χ4n) is 3.43. The van der Waals surface area contributed by atoms with E-state index in [1.807, 2.05) is 0 Å². The summed E-state index contributed by atoms with van der Waals surface area (Å²) in [7, 11) is 1.15. The molecule has 3 rings (SSSR count). The summed E-state index contributed by atoms with van der Waals surface area (Å²) >= 11 is 5.62. The first-order valence-corrected chi connectivity index (χ1v) is 13.9. The van der Waals surface area contributed by atoms with Crippen LogP contribution in [-0.4, -0.2) is 64.6 Å². The molecule has 6 atom stereocenters. The molecule has 0 saturated carbocycles. The van der Waals surface area contributed by atoms with Crippen LogP contribution in [0.5, 0.6) is 5.75 Å². The number of hydrogen-bond acceptors (Lipinski definition) is 11. The van der Waals surface area contributed by atoms with Crippen molar-refractivity contribution < 1.29 is 37.5 Å². The van der Waals surface area contributed by atoms with Gasteiger partial charge in [0.25, 0.3) is 0 Å². The van der Waals surface area contributed by atoms with Gasteiger partial charge in [0.15, 0.2) is 12.4 Å². The number of alkyl halides is 1. The van der Waals surface area contributed by atoms with Crippen LogP contribution in [0.4, 0.5) is 10.2 Å². The Kier molecular flexibility index (Phi) is 9.40. The lowest BCUT2D eigenvalue weighted by atomic mass is 10.1. The SMILES string of the molecule is COC1(COP(=S)(NC(C)C(=O)OC(C)C)Oc2ccccc2)OC(n2ccc(N)nc2=O)C(O)C1F. The lowest BCUT2D eigenvalue weighted by molar-refractivity contribution is -0.256. The predicted molar refractivity (Wildman–Crippen MR) is 135 cm³/mol. The Hall–Kier alpha value is -2.45. The molecule has 1 aromatic heterocycles. The van der Waals surface area contributed by atoms with Crippen LogP contribution in [0.3, 0.4) is 0 Å². The number of aromatic nitrogens is 2. The number of ether oxygens (including phenoxy) is 3. The third-order valence-corrected chi connectivity index (χ3v) is 7.75. The molecule has 2 heterocycles. The topological polar surface area (TPSA) is 156 Å². The van der Waals surface area contributed by atoms with Crippen molar-refractivity contribution >= 4 is 30.2 Å². The second-order valence-corrected chi connectivity index (χ2v) is 11.6. The number of nitrogens with one attached hydrogen (secondary N) is 1. The number of methoxy groups -OCH3 is 1. The van der Waals surface area contributed by atoms with Gasteiger partial charge in [-0.2, -0.15) is 4.98 Å². The molecule has 1 saturated heterocycles. The van der Waals surface area contributed by atoms with E-state index in [4.69, 9.17) is 40.8 Å². The molecule has 2 aromatic rings. The Labute approximate surface area is 218 Å². The third kappa shape index (κ3) is 6.90. The van der Waals surface area contributed by atoms with Gasteiger partial charge in [0.2, 0.25) is 5.79 Å². The van der Waals surface area contributed by atoms with Crippen molar-refractivity contribution in [1.29, 1.82) is 0 Å². The Morgan fingerprint density at radius 2 is 2.03 bits per heavy atom. The number of rotatable bonds is 11. The maximum Gasteiger partial charge on any atom is 0.351 e. The first-order valence-electron chi connectivity index (χ1n) is 11.3. The van der Waals surface area contributed by atoms with Gasteiger partial charge in [-0.25, -0.2) is 14.3 Å². The van der Waals surface area contributed by atoms with Crippen molar-refractivity contribution in [3.8, 4) is 5.75 Å². The van der Waals surface area contributed by atoms with Crippen LogP contribution in [0.25, 0.3) is 0 Å². The standard InChI is InChI=1S/C22H30FN4O8PS/c1-13(2)33-20(29)14(3)26-36(37,35-15-8-6-5-7-9-15)32-12-22(31-4)18(23)17(28)19(34-22)27-11-10-16(24)25-21(27)30/h5-11,13-14,17-19,28H,12H2,1-4H3,(H,26,37)(H2,24,25,30). The van der Waals surface area contributed by atoms with Gasteiger partial charge in [-0.3, -0.25) is 9.36 Å². The lowest BCUT2D eigenvalue weighted by Crippen LogP contribution is -2.47. The van der Waals surface area contributed by atoms with Crippen LogP contribution in [-0.2, 0) is 35.3 Å². The minimum absolute atomic E-state index is 0.0539. The van der Waals surface area contributed by atoms with Crippen molar-refractivity contribution in [1.82, 2.24) is 14.6 Å². The Morgan fingerprint density at radius 3 is 2.62 bits per heavy atom. The van der Waals surface area contributed by atoms with Crippen molar-refractivity contribution in [3.05, 3.63) is 53.1 Å². The van der Waals surface area contributed by atoms with Crippen LogP contribution in [0.1, 0.15) is 27.0 Å². The summed E-state index contributed by atoms with van der Waals surface area (Å²) in [6.45, 7) is 0.659. The lowest BCUT2D eigenvalue weighted by Gasteiger charge is -2.33. The first-order chi connectivity index (χ1) is 17.4. The number of carbonyl (C=O) groups is 1. The molecule has 0 aliphatic carbocycles. The van der Waals surface area contributed by atoms with Crippen molar-refractivity contribution in [2.45, 2.75) is 57.2 Å². The molecule has 15 heteroatoms. The predicted octanol–water partition coefficient (Wildman–Crippen LogP) is 1.65. The van der Waals surface area contributed by atoms with E-state index in [1.165, 1.54) is 19.2 Å².